The lowest BCUT2D eigenvalue weighted by molar-refractivity contribution is -0.199. The minimum Gasteiger partial charge on any atom is -0.449 e. The molecule has 6 rings (SSSR count). The van der Waals surface area contributed by atoms with E-state index in [2.05, 4.69) is 44.6 Å². The summed E-state index contributed by atoms with van der Waals surface area (Å²) >= 11 is 0. The van der Waals surface area contributed by atoms with Crippen molar-refractivity contribution in [3.8, 4) is 0 Å². The molecule has 4 fully saturated rings. The van der Waals surface area contributed by atoms with Gasteiger partial charge in [0.15, 0.2) is 5.88 Å². The van der Waals surface area contributed by atoms with Crippen molar-refractivity contribution in [1.82, 2.24) is 0 Å². The van der Waals surface area contributed by atoms with Gasteiger partial charge in [0.05, 0.1) is 11.7 Å². The first-order valence-corrected chi connectivity index (χ1v) is 9.51. The molecule has 1 aliphatic heterocycles. The first kappa shape index (κ1) is 18.2. The second-order valence-corrected chi connectivity index (χ2v) is 8.69. The second-order valence-electron chi connectivity index (χ2n) is 8.69. The molecule has 0 unspecified atom stereocenters. The van der Waals surface area contributed by atoms with E-state index >= 15 is 0 Å². The summed E-state index contributed by atoms with van der Waals surface area (Å²) in [6.07, 6.45) is 4.38. The van der Waals surface area contributed by atoms with Crippen molar-refractivity contribution >= 4 is 36.3 Å². The molecule has 2 heterocycles. The Kier molecular flexibility index (Phi) is 4.14. The van der Waals surface area contributed by atoms with Crippen LogP contribution in [0.5, 0.6) is 0 Å². The van der Waals surface area contributed by atoms with Gasteiger partial charge in [0.25, 0.3) is 0 Å². The molecule has 2 aromatic rings. The highest BCUT2D eigenvalue weighted by Gasteiger charge is 2.68. The van der Waals surface area contributed by atoms with E-state index in [4.69, 9.17) is 13.7 Å². The molecular weight excluding hydrogens is 348 g/mol. The Morgan fingerprint density at radius 1 is 1.19 bits per heavy atom. The zero-order valence-corrected chi connectivity index (χ0v) is 16.7. The van der Waals surface area contributed by atoms with E-state index in [1.165, 1.54) is 6.42 Å². The van der Waals surface area contributed by atoms with Crippen LogP contribution in [0.2, 0.25) is 0 Å². The molecule has 0 N–H and O–H groups in total. The predicted molar refractivity (Wildman–Crippen MR) is 107 cm³/mol. The van der Waals surface area contributed by atoms with Crippen LogP contribution in [-0.4, -0.2) is 25.5 Å². The fourth-order valence-electron chi connectivity index (χ4n) is 5.56. The van der Waals surface area contributed by atoms with Crippen molar-refractivity contribution in [3.05, 3.63) is 30.5 Å². The minimum atomic E-state index is -0.371. The molecule has 0 spiro atoms. The van der Waals surface area contributed by atoms with E-state index in [-0.39, 0.29) is 31.4 Å². The normalized spacial score (nSPS) is 34.2. The zero-order chi connectivity index (χ0) is 17.4. The van der Waals surface area contributed by atoms with Crippen LogP contribution in [0.3, 0.4) is 0 Å². The molecule has 4 nitrogen and oxygen atoms in total. The average molecular weight is 376 g/mol. The van der Waals surface area contributed by atoms with Crippen molar-refractivity contribution in [3.63, 3.8) is 0 Å². The van der Waals surface area contributed by atoms with Crippen LogP contribution in [-0.2, 0) is 9.31 Å². The smallest absolute Gasteiger partial charge is 0.449 e. The highest BCUT2D eigenvalue weighted by atomic mass is 35.5. The van der Waals surface area contributed by atoms with Gasteiger partial charge >= 0.3 is 7.25 Å². The van der Waals surface area contributed by atoms with Crippen LogP contribution in [0, 0.1) is 17.3 Å². The molecule has 6 heteroatoms. The quantitative estimate of drug-likeness (QED) is 0.714. The highest BCUT2D eigenvalue weighted by molar-refractivity contribution is 6.51. The Morgan fingerprint density at radius 2 is 1.96 bits per heavy atom. The fraction of sp³-hybridized carbons (Fsp3) is 0.600. The third kappa shape index (κ3) is 2.23. The minimum absolute atomic E-state index is 0. The SMILES string of the molecule is CCN(B1O[C@@H]2C[C@@H]3C[C@@H](C3(C)C)[C@]2(C)O1)c1occ2ccccc12.Cl. The lowest BCUT2D eigenvalue weighted by Crippen LogP contribution is -2.65. The van der Waals surface area contributed by atoms with Crippen LogP contribution >= 0.6 is 12.4 Å². The van der Waals surface area contributed by atoms with E-state index in [1.54, 1.807) is 0 Å². The summed E-state index contributed by atoms with van der Waals surface area (Å²) in [5.41, 5.74) is 0.163. The van der Waals surface area contributed by atoms with Gasteiger partial charge in [-0.1, -0.05) is 32.0 Å². The number of hydrogen-bond acceptors (Lipinski definition) is 4. The molecule has 3 aliphatic carbocycles. The van der Waals surface area contributed by atoms with Crippen LogP contribution in [0.4, 0.5) is 5.88 Å². The van der Waals surface area contributed by atoms with Crippen molar-refractivity contribution in [2.24, 2.45) is 17.3 Å². The lowest BCUT2D eigenvalue weighted by Gasteiger charge is -2.64. The van der Waals surface area contributed by atoms with E-state index in [1.807, 2.05) is 18.4 Å². The lowest BCUT2D eigenvalue weighted by atomic mass is 9.43. The molecule has 26 heavy (non-hydrogen) atoms. The molecule has 1 aromatic heterocycles. The molecule has 1 aromatic carbocycles. The van der Waals surface area contributed by atoms with Gasteiger partial charge in [-0.05, 0) is 50.0 Å². The van der Waals surface area contributed by atoms with Gasteiger partial charge in [-0.25, -0.2) is 0 Å². The first-order valence-electron chi connectivity index (χ1n) is 9.51. The Hall–Kier alpha value is -1.17. The molecule has 2 bridgehead atoms. The van der Waals surface area contributed by atoms with Crippen molar-refractivity contribution in [1.29, 1.82) is 0 Å². The summed E-state index contributed by atoms with van der Waals surface area (Å²) in [7, 11) is -0.371. The summed E-state index contributed by atoms with van der Waals surface area (Å²) in [4.78, 5) is 2.12. The van der Waals surface area contributed by atoms with Crippen molar-refractivity contribution in [2.75, 3.05) is 11.4 Å². The number of fused-ring (bicyclic) bond motifs is 1. The van der Waals surface area contributed by atoms with Gasteiger partial charge in [0.1, 0.15) is 6.26 Å². The van der Waals surface area contributed by atoms with Gasteiger partial charge in [0.2, 0.25) is 0 Å². The van der Waals surface area contributed by atoms with E-state index in [0.29, 0.717) is 11.3 Å². The van der Waals surface area contributed by atoms with E-state index < -0.39 is 0 Å². The topological polar surface area (TPSA) is 34.8 Å². The Morgan fingerprint density at radius 3 is 2.69 bits per heavy atom. The molecule has 4 atom stereocenters. The number of rotatable bonds is 3. The van der Waals surface area contributed by atoms with Gasteiger partial charge in [0, 0.05) is 17.3 Å². The Balaban J connectivity index is 0.00000168. The average Bonchev–Trinajstić information content (AvgIpc) is 3.16. The molecule has 3 saturated carbocycles. The molecule has 0 amide bonds. The number of nitrogens with zero attached hydrogens (tertiary/aromatic N) is 1. The predicted octanol–water partition coefficient (Wildman–Crippen LogP) is 4.91. The summed E-state index contributed by atoms with van der Waals surface area (Å²) in [5.74, 6) is 2.18. The summed E-state index contributed by atoms with van der Waals surface area (Å²) in [6, 6.07) is 8.25. The molecule has 1 saturated heterocycles. The number of hydrogen-bond donors (Lipinski definition) is 0. The van der Waals surface area contributed by atoms with Gasteiger partial charge in [-0.15, -0.1) is 12.4 Å². The molecule has 0 radical (unpaired) electrons. The van der Waals surface area contributed by atoms with E-state index in [0.717, 1.165) is 35.5 Å². The fourth-order valence-corrected chi connectivity index (χ4v) is 5.56. The number of anilines is 1. The zero-order valence-electron chi connectivity index (χ0n) is 15.9. The van der Waals surface area contributed by atoms with E-state index in [9.17, 15) is 0 Å². The maximum absolute atomic E-state index is 6.61. The maximum atomic E-state index is 6.61. The second kappa shape index (κ2) is 5.92. The van der Waals surface area contributed by atoms with Crippen LogP contribution in [0.15, 0.2) is 34.9 Å². The van der Waals surface area contributed by atoms with Crippen LogP contribution in [0.25, 0.3) is 10.8 Å². The summed E-state index contributed by atoms with van der Waals surface area (Å²) in [6.45, 7) is 9.94. The van der Waals surface area contributed by atoms with Crippen molar-refractivity contribution in [2.45, 2.75) is 52.2 Å². The number of halogens is 1. The Labute approximate surface area is 161 Å². The molecule has 4 aliphatic rings. The van der Waals surface area contributed by atoms with Gasteiger partial charge in [-0.2, -0.15) is 0 Å². The largest absolute Gasteiger partial charge is 0.596 e. The molecular formula is C20H27BClNO3. The maximum Gasteiger partial charge on any atom is 0.596 e. The summed E-state index contributed by atoms with van der Waals surface area (Å²) < 4.78 is 19.0. The third-order valence-corrected chi connectivity index (χ3v) is 7.28. The van der Waals surface area contributed by atoms with Crippen molar-refractivity contribution < 1.29 is 13.7 Å². The number of furan rings is 1. The van der Waals surface area contributed by atoms with Crippen LogP contribution in [0.1, 0.15) is 40.5 Å². The summed E-state index contributed by atoms with van der Waals surface area (Å²) in [5, 5.41) is 2.22. The third-order valence-electron chi connectivity index (χ3n) is 7.28. The molecule has 140 valence electrons. The van der Waals surface area contributed by atoms with Crippen LogP contribution < -0.4 is 4.81 Å². The highest BCUT2D eigenvalue weighted by Crippen LogP contribution is 2.65. The van der Waals surface area contributed by atoms with Gasteiger partial charge < -0.3 is 18.5 Å². The Bertz CT molecular complexity index is 824. The van der Waals surface area contributed by atoms with Gasteiger partial charge in [-0.3, -0.25) is 0 Å². The first-order chi connectivity index (χ1) is 11.9. The number of benzene rings is 1. The standard InChI is InChI=1S/C20H26BNO3.ClH/c1-5-22(18-15-9-7-6-8-13(15)12-23-18)21-24-17-11-14-10-16(19(14,2)3)20(17,4)25-21;/h6-9,12,14,16-17H,5,10-11H2,1-4H3;1H/t14-,16-,17+,20-;/m0./s1. The monoisotopic (exact) mass is 375 g/mol.